The molecule has 2 amide bonds. The molecule has 2 N–H and O–H groups in total. The van der Waals surface area contributed by atoms with Gasteiger partial charge in [0.25, 0.3) is 5.91 Å². The molecule has 0 aliphatic rings. The van der Waals surface area contributed by atoms with Crippen molar-refractivity contribution in [1.82, 2.24) is 4.98 Å². The minimum Gasteiger partial charge on any atom is -0.322 e. The number of hydrogen-bond donors (Lipinski definition) is 2. The number of pyridine rings is 1. The van der Waals surface area contributed by atoms with Crippen molar-refractivity contribution >= 4 is 35.1 Å². The van der Waals surface area contributed by atoms with E-state index in [1.807, 2.05) is 30.5 Å². The summed E-state index contributed by atoms with van der Waals surface area (Å²) in [6.45, 7) is 1.39. The lowest BCUT2D eigenvalue weighted by atomic mass is 10.2. The Morgan fingerprint density at radius 3 is 2.67 bits per heavy atom. The summed E-state index contributed by atoms with van der Waals surface area (Å²) in [7, 11) is 0. The standard InChI is InChI=1S/C15H15N3O2S/c1-10(19)17-14-8-11(6-7-16-14)15(20)18-12-4-3-5-13(9-12)21-2/h3-9H,1-2H3,(H,18,20)(H,16,17,19). The summed E-state index contributed by atoms with van der Waals surface area (Å²) in [5.74, 6) is -0.122. The third kappa shape index (κ3) is 4.32. The lowest BCUT2D eigenvalue weighted by Crippen LogP contribution is -2.13. The van der Waals surface area contributed by atoms with Crippen LogP contribution in [0, 0.1) is 0 Å². The normalized spacial score (nSPS) is 10.0. The lowest BCUT2D eigenvalue weighted by molar-refractivity contribution is -0.114. The Bertz CT molecular complexity index is 673. The molecule has 0 unspecified atom stereocenters. The number of nitrogens with one attached hydrogen (secondary N) is 2. The molecule has 0 radical (unpaired) electrons. The first-order chi connectivity index (χ1) is 10.1. The second kappa shape index (κ2) is 6.90. The number of carbonyl (C=O) groups excluding carboxylic acids is 2. The monoisotopic (exact) mass is 301 g/mol. The first-order valence-corrected chi connectivity index (χ1v) is 7.50. The molecule has 2 rings (SSSR count). The summed E-state index contributed by atoms with van der Waals surface area (Å²) < 4.78 is 0. The Kier molecular flexibility index (Phi) is 4.94. The largest absolute Gasteiger partial charge is 0.322 e. The molecule has 2 aromatic rings. The molecular formula is C15H15N3O2S. The summed E-state index contributed by atoms with van der Waals surface area (Å²) in [4.78, 5) is 28.2. The van der Waals surface area contributed by atoms with Gasteiger partial charge in [-0.15, -0.1) is 11.8 Å². The van der Waals surface area contributed by atoms with Crippen molar-refractivity contribution < 1.29 is 9.59 Å². The Morgan fingerprint density at radius 2 is 1.95 bits per heavy atom. The Labute approximate surface area is 127 Å². The van der Waals surface area contributed by atoms with Gasteiger partial charge in [-0.1, -0.05) is 6.07 Å². The van der Waals surface area contributed by atoms with Crippen molar-refractivity contribution in [3.63, 3.8) is 0 Å². The summed E-state index contributed by atoms with van der Waals surface area (Å²) in [5, 5.41) is 5.37. The lowest BCUT2D eigenvalue weighted by Gasteiger charge is -2.07. The van der Waals surface area contributed by atoms with Gasteiger partial charge in [0.15, 0.2) is 0 Å². The number of carbonyl (C=O) groups is 2. The van der Waals surface area contributed by atoms with Crippen molar-refractivity contribution in [3.05, 3.63) is 48.2 Å². The zero-order valence-corrected chi connectivity index (χ0v) is 12.5. The van der Waals surface area contributed by atoms with Crippen molar-refractivity contribution in [2.75, 3.05) is 16.9 Å². The Balaban J connectivity index is 2.14. The molecule has 21 heavy (non-hydrogen) atoms. The van der Waals surface area contributed by atoms with E-state index in [2.05, 4.69) is 15.6 Å². The zero-order chi connectivity index (χ0) is 15.2. The molecule has 0 saturated heterocycles. The van der Waals surface area contributed by atoms with E-state index in [1.165, 1.54) is 19.2 Å². The first-order valence-electron chi connectivity index (χ1n) is 6.27. The molecule has 0 atom stereocenters. The third-order valence-electron chi connectivity index (χ3n) is 2.65. The number of hydrogen-bond acceptors (Lipinski definition) is 4. The molecular weight excluding hydrogens is 286 g/mol. The minimum atomic E-state index is -0.248. The van der Waals surface area contributed by atoms with Gasteiger partial charge in [-0.05, 0) is 36.6 Å². The summed E-state index contributed by atoms with van der Waals surface area (Å²) in [6, 6.07) is 10.7. The molecule has 0 bridgehead atoms. The molecule has 108 valence electrons. The number of thioether (sulfide) groups is 1. The maximum absolute atomic E-state index is 12.2. The van der Waals surface area contributed by atoms with Gasteiger partial charge in [0.05, 0.1) is 0 Å². The van der Waals surface area contributed by atoms with E-state index in [0.29, 0.717) is 11.4 Å². The van der Waals surface area contributed by atoms with Crippen LogP contribution >= 0.6 is 11.8 Å². The number of benzene rings is 1. The maximum Gasteiger partial charge on any atom is 0.255 e. The Hall–Kier alpha value is -2.34. The topological polar surface area (TPSA) is 71.1 Å². The van der Waals surface area contributed by atoms with E-state index >= 15 is 0 Å². The Morgan fingerprint density at radius 1 is 1.14 bits per heavy atom. The number of amides is 2. The highest BCUT2D eigenvalue weighted by Gasteiger charge is 2.08. The van der Waals surface area contributed by atoms with Crippen LogP contribution in [0.2, 0.25) is 0 Å². The molecule has 0 aliphatic carbocycles. The first kappa shape index (κ1) is 15.1. The van der Waals surface area contributed by atoms with Crippen LogP contribution in [0.15, 0.2) is 47.5 Å². The van der Waals surface area contributed by atoms with Crippen LogP contribution in [0.25, 0.3) is 0 Å². The highest BCUT2D eigenvalue weighted by atomic mass is 32.2. The molecule has 1 heterocycles. The smallest absolute Gasteiger partial charge is 0.255 e. The van der Waals surface area contributed by atoms with Gasteiger partial charge >= 0.3 is 0 Å². The quantitative estimate of drug-likeness (QED) is 0.852. The van der Waals surface area contributed by atoms with Crippen molar-refractivity contribution in [2.24, 2.45) is 0 Å². The molecule has 1 aromatic heterocycles. The predicted octanol–water partition coefficient (Wildman–Crippen LogP) is 3.01. The maximum atomic E-state index is 12.2. The predicted molar refractivity (Wildman–Crippen MR) is 84.7 cm³/mol. The SMILES string of the molecule is CSc1cccc(NC(=O)c2ccnc(NC(C)=O)c2)c1. The molecule has 0 saturated carbocycles. The molecule has 6 heteroatoms. The number of rotatable bonds is 4. The van der Waals surface area contributed by atoms with Gasteiger partial charge < -0.3 is 10.6 Å². The van der Waals surface area contributed by atoms with E-state index in [1.54, 1.807) is 17.8 Å². The summed E-state index contributed by atoms with van der Waals surface area (Å²) >= 11 is 1.61. The molecule has 0 aliphatic heterocycles. The second-order valence-corrected chi connectivity index (χ2v) is 5.18. The van der Waals surface area contributed by atoms with E-state index in [0.717, 1.165) is 10.6 Å². The van der Waals surface area contributed by atoms with Crippen LogP contribution in [0.3, 0.4) is 0 Å². The minimum absolute atomic E-state index is 0.229. The van der Waals surface area contributed by atoms with Gasteiger partial charge in [-0.3, -0.25) is 9.59 Å². The van der Waals surface area contributed by atoms with E-state index in [-0.39, 0.29) is 11.8 Å². The average Bonchev–Trinajstić information content (AvgIpc) is 2.47. The summed E-state index contributed by atoms with van der Waals surface area (Å²) in [5.41, 5.74) is 1.16. The van der Waals surface area contributed by atoms with Crippen LogP contribution in [-0.4, -0.2) is 23.1 Å². The zero-order valence-electron chi connectivity index (χ0n) is 11.7. The van der Waals surface area contributed by atoms with Crippen LogP contribution < -0.4 is 10.6 Å². The second-order valence-electron chi connectivity index (χ2n) is 4.30. The van der Waals surface area contributed by atoms with Gasteiger partial charge in [0.1, 0.15) is 5.82 Å². The molecule has 0 fully saturated rings. The fourth-order valence-corrected chi connectivity index (χ4v) is 2.18. The fourth-order valence-electron chi connectivity index (χ4n) is 1.72. The fraction of sp³-hybridized carbons (Fsp3) is 0.133. The van der Waals surface area contributed by atoms with Gasteiger partial charge in [-0.2, -0.15) is 0 Å². The van der Waals surface area contributed by atoms with E-state index < -0.39 is 0 Å². The highest BCUT2D eigenvalue weighted by molar-refractivity contribution is 7.98. The van der Waals surface area contributed by atoms with Crippen molar-refractivity contribution in [1.29, 1.82) is 0 Å². The van der Waals surface area contributed by atoms with Crippen molar-refractivity contribution in [3.8, 4) is 0 Å². The average molecular weight is 301 g/mol. The molecule has 0 spiro atoms. The number of nitrogens with zero attached hydrogens (tertiary/aromatic N) is 1. The summed E-state index contributed by atoms with van der Waals surface area (Å²) in [6.07, 6.45) is 3.46. The van der Waals surface area contributed by atoms with Gasteiger partial charge in [-0.25, -0.2) is 4.98 Å². The van der Waals surface area contributed by atoms with Crippen LogP contribution in [0.5, 0.6) is 0 Å². The van der Waals surface area contributed by atoms with Gasteiger partial charge in [0, 0.05) is 29.3 Å². The van der Waals surface area contributed by atoms with Gasteiger partial charge in [0.2, 0.25) is 5.91 Å². The molecule has 1 aromatic carbocycles. The van der Waals surface area contributed by atoms with Crippen LogP contribution in [0.1, 0.15) is 17.3 Å². The van der Waals surface area contributed by atoms with Crippen molar-refractivity contribution in [2.45, 2.75) is 11.8 Å². The third-order valence-corrected chi connectivity index (χ3v) is 3.38. The highest BCUT2D eigenvalue weighted by Crippen LogP contribution is 2.19. The molecule has 5 nitrogen and oxygen atoms in total. The van der Waals surface area contributed by atoms with E-state index in [4.69, 9.17) is 0 Å². The number of anilines is 2. The van der Waals surface area contributed by atoms with Crippen LogP contribution in [-0.2, 0) is 4.79 Å². The van der Waals surface area contributed by atoms with Crippen LogP contribution in [0.4, 0.5) is 11.5 Å². The van der Waals surface area contributed by atoms with E-state index in [9.17, 15) is 9.59 Å². The number of aromatic nitrogens is 1.